The van der Waals surface area contributed by atoms with Crippen LogP contribution in [0.1, 0.15) is 18.4 Å². The van der Waals surface area contributed by atoms with Crippen molar-refractivity contribution in [3.63, 3.8) is 0 Å². The quantitative estimate of drug-likeness (QED) is 0.829. The number of carboxylic acids is 1. The van der Waals surface area contributed by atoms with Gasteiger partial charge in [0.25, 0.3) is 5.91 Å². The number of benzene rings is 1. The molecule has 0 spiro atoms. The topological polar surface area (TPSA) is 84.9 Å². The van der Waals surface area contributed by atoms with Gasteiger partial charge in [0.05, 0.1) is 6.61 Å². The molecule has 1 aliphatic heterocycles. The Balaban J connectivity index is 1.85. The maximum Gasteiger partial charge on any atom is 0.326 e. The second-order valence-electron chi connectivity index (χ2n) is 5.46. The molecule has 2 atom stereocenters. The summed E-state index contributed by atoms with van der Waals surface area (Å²) in [5.74, 6) is -1.11. The van der Waals surface area contributed by atoms with Crippen LogP contribution in [-0.4, -0.2) is 42.8 Å². The van der Waals surface area contributed by atoms with Crippen molar-refractivity contribution in [3.05, 3.63) is 29.8 Å². The van der Waals surface area contributed by atoms with Crippen molar-refractivity contribution in [2.24, 2.45) is 5.92 Å². The Labute approximate surface area is 129 Å². The molecule has 0 aliphatic carbocycles. The van der Waals surface area contributed by atoms with Gasteiger partial charge in [-0.05, 0) is 31.9 Å². The van der Waals surface area contributed by atoms with E-state index in [1.165, 1.54) is 0 Å². The molecule has 22 heavy (non-hydrogen) atoms. The Morgan fingerprint density at radius 2 is 2.14 bits per heavy atom. The van der Waals surface area contributed by atoms with E-state index in [9.17, 15) is 14.7 Å². The zero-order chi connectivity index (χ0) is 15.9. The number of hydrogen-bond donors (Lipinski definition) is 2. The number of carbonyl (C=O) groups excluding carboxylic acids is 1. The fraction of sp³-hybridized carbons (Fsp3) is 0.500. The number of nitrogens with one attached hydrogen (secondary N) is 1. The van der Waals surface area contributed by atoms with E-state index in [0.717, 1.165) is 18.4 Å². The van der Waals surface area contributed by atoms with Crippen molar-refractivity contribution in [2.45, 2.75) is 25.8 Å². The molecule has 1 aromatic carbocycles. The van der Waals surface area contributed by atoms with E-state index in [1.807, 2.05) is 19.1 Å². The predicted molar refractivity (Wildman–Crippen MR) is 79.8 cm³/mol. The van der Waals surface area contributed by atoms with Crippen molar-refractivity contribution < 1.29 is 24.2 Å². The van der Waals surface area contributed by atoms with Gasteiger partial charge in [-0.1, -0.05) is 17.7 Å². The lowest BCUT2D eigenvalue weighted by molar-refractivity contribution is -0.145. The SMILES string of the molecule is Cc1ccc(OCC(=O)NC(C(=O)O)C2CCCOC2)cc1. The number of aryl methyl sites for hydroxylation is 1. The van der Waals surface area contributed by atoms with Gasteiger partial charge in [0.1, 0.15) is 11.8 Å². The molecule has 1 aromatic rings. The molecule has 2 unspecified atom stereocenters. The second kappa shape index (κ2) is 7.79. The van der Waals surface area contributed by atoms with E-state index >= 15 is 0 Å². The first-order valence-electron chi connectivity index (χ1n) is 7.35. The van der Waals surface area contributed by atoms with Gasteiger partial charge in [0.15, 0.2) is 6.61 Å². The first-order valence-corrected chi connectivity index (χ1v) is 7.35. The molecular formula is C16H21NO5. The first kappa shape index (κ1) is 16.3. The fourth-order valence-corrected chi connectivity index (χ4v) is 2.41. The average molecular weight is 307 g/mol. The number of carbonyl (C=O) groups is 2. The average Bonchev–Trinajstić information content (AvgIpc) is 2.52. The highest BCUT2D eigenvalue weighted by Gasteiger charge is 2.31. The molecule has 6 nitrogen and oxygen atoms in total. The van der Waals surface area contributed by atoms with Crippen LogP contribution in [-0.2, 0) is 14.3 Å². The molecule has 1 amide bonds. The summed E-state index contributed by atoms with van der Waals surface area (Å²) in [5.41, 5.74) is 1.10. The smallest absolute Gasteiger partial charge is 0.326 e. The van der Waals surface area contributed by atoms with Crippen LogP contribution in [0.25, 0.3) is 0 Å². The van der Waals surface area contributed by atoms with Gasteiger partial charge in [-0.3, -0.25) is 4.79 Å². The van der Waals surface area contributed by atoms with Gasteiger partial charge in [-0.15, -0.1) is 0 Å². The van der Waals surface area contributed by atoms with E-state index in [0.29, 0.717) is 19.0 Å². The van der Waals surface area contributed by atoms with Crippen LogP contribution in [0.4, 0.5) is 0 Å². The molecule has 1 aliphatic rings. The summed E-state index contributed by atoms with van der Waals surface area (Å²) in [6.45, 7) is 2.75. The third-order valence-corrected chi connectivity index (χ3v) is 3.64. The Morgan fingerprint density at radius 1 is 1.41 bits per heavy atom. The molecule has 0 radical (unpaired) electrons. The summed E-state index contributed by atoms with van der Waals surface area (Å²) in [4.78, 5) is 23.2. The molecule has 0 aromatic heterocycles. The molecule has 0 bridgehead atoms. The summed E-state index contributed by atoms with van der Waals surface area (Å²) >= 11 is 0. The maximum atomic E-state index is 11.9. The lowest BCUT2D eigenvalue weighted by Gasteiger charge is -2.28. The van der Waals surface area contributed by atoms with Crippen LogP contribution in [0.2, 0.25) is 0 Å². The van der Waals surface area contributed by atoms with E-state index in [-0.39, 0.29) is 12.5 Å². The minimum absolute atomic E-state index is 0.199. The summed E-state index contributed by atoms with van der Waals surface area (Å²) in [7, 11) is 0. The van der Waals surface area contributed by atoms with E-state index in [4.69, 9.17) is 9.47 Å². The molecule has 2 N–H and O–H groups in total. The number of hydrogen-bond acceptors (Lipinski definition) is 4. The van der Waals surface area contributed by atoms with Crippen molar-refractivity contribution in [1.82, 2.24) is 5.32 Å². The highest BCUT2D eigenvalue weighted by molar-refractivity contribution is 5.84. The number of aliphatic carboxylic acids is 1. The Morgan fingerprint density at radius 3 is 2.73 bits per heavy atom. The molecule has 0 saturated carbocycles. The van der Waals surface area contributed by atoms with Gasteiger partial charge in [-0.25, -0.2) is 4.79 Å². The molecule has 6 heteroatoms. The van der Waals surface area contributed by atoms with Gasteiger partial charge in [-0.2, -0.15) is 0 Å². The van der Waals surface area contributed by atoms with Crippen LogP contribution < -0.4 is 10.1 Å². The molecule has 1 fully saturated rings. The minimum Gasteiger partial charge on any atom is -0.484 e. The van der Waals surface area contributed by atoms with Crippen LogP contribution in [0, 0.1) is 12.8 Å². The molecule has 120 valence electrons. The summed E-state index contributed by atoms with van der Waals surface area (Å²) in [6, 6.07) is 6.37. The van der Waals surface area contributed by atoms with E-state index in [1.54, 1.807) is 12.1 Å². The number of ether oxygens (including phenoxy) is 2. The van der Waals surface area contributed by atoms with Gasteiger partial charge in [0.2, 0.25) is 0 Å². The summed E-state index contributed by atoms with van der Waals surface area (Å²) < 4.78 is 10.6. The van der Waals surface area contributed by atoms with Crippen LogP contribution in [0.3, 0.4) is 0 Å². The van der Waals surface area contributed by atoms with Crippen molar-refractivity contribution in [1.29, 1.82) is 0 Å². The zero-order valence-electron chi connectivity index (χ0n) is 12.6. The van der Waals surface area contributed by atoms with Crippen molar-refractivity contribution in [3.8, 4) is 5.75 Å². The van der Waals surface area contributed by atoms with Crippen LogP contribution in [0.15, 0.2) is 24.3 Å². The lowest BCUT2D eigenvalue weighted by Crippen LogP contribution is -2.49. The molecular weight excluding hydrogens is 286 g/mol. The molecule has 1 saturated heterocycles. The third-order valence-electron chi connectivity index (χ3n) is 3.64. The highest BCUT2D eigenvalue weighted by Crippen LogP contribution is 2.18. The van der Waals surface area contributed by atoms with E-state index < -0.39 is 17.9 Å². The normalized spacial score (nSPS) is 19.2. The molecule has 2 rings (SSSR count). The zero-order valence-corrected chi connectivity index (χ0v) is 12.6. The number of carboxylic acid groups (broad SMARTS) is 1. The maximum absolute atomic E-state index is 11.9. The Kier molecular flexibility index (Phi) is 5.77. The van der Waals surface area contributed by atoms with Gasteiger partial charge in [0, 0.05) is 12.5 Å². The summed E-state index contributed by atoms with van der Waals surface area (Å²) in [5, 5.41) is 11.8. The largest absolute Gasteiger partial charge is 0.484 e. The fourth-order valence-electron chi connectivity index (χ4n) is 2.41. The van der Waals surface area contributed by atoms with E-state index in [2.05, 4.69) is 5.32 Å². The number of amides is 1. The summed E-state index contributed by atoms with van der Waals surface area (Å²) in [6.07, 6.45) is 1.54. The van der Waals surface area contributed by atoms with Gasteiger partial charge >= 0.3 is 5.97 Å². The third kappa shape index (κ3) is 4.73. The van der Waals surface area contributed by atoms with Crippen LogP contribution >= 0.6 is 0 Å². The standard InChI is InChI=1S/C16H21NO5/c1-11-4-6-13(7-5-11)22-10-14(18)17-15(16(19)20)12-3-2-8-21-9-12/h4-7,12,15H,2-3,8-10H2,1H3,(H,17,18)(H,19,20). The Hall–Kier alpha value is -2.08. The first-order chi connectivity index (χ1) is 10.6. The van der Waals surface area contributed by atoms with Crippen molar-refractivity contribution >= 4 is 11.9 Å². The number of rotatable bonds is 6. The second-order valence-corrected chi connectivity index (χ2v) is 5.46. The lowest BCUT2D eigenvalue weighted by atomic mass is 9.93. The Bertz CT molecular complexity index is 508. The monoisotopic (exact) mass is 307 g/mol. The van der Waals surface area contributed by atoms with Crippen LogP contribution in [0.5, 0.6) is 5.75 Å². The predicted octanol–water partition coefficient (Wildman–Crippen LogP) is 1.37. The highest BCUT2D eigenvalue weighted by atomic mass is 16.5. The van der Waals surface area contributed by atoms with Gasteiger partial charge < -0.3 is 19.9 Å². The van der Waals surface area contributed by atoms with Crippen molar-refractivity contribution in [2.75, 3.05) is 19.8 Å². The minimum atomic E-state index is -1.04. The molecule has 1 heterocycles.